The van der Waals surface area contributed by atoms with E-state index in [0.29, 0.717) is 6.61 Å². The summed E-state index contributed by atoms with van der Waals surface area (Å²) in [5, 5.41) is 0. The predicted octanol–water partition coefficient (Wildman–Crippen LogP) is 2.75. The highest BCUT2D eigenvalue weighted by atomic mass is 16.5. The minimum absolute atomic E-state index is 0.109. The minimum atomic E-state index is -0.109. The maximum atomic E-state index is 6.16. The van der Waals surface area contributed by atoms with Gasteiger partial charge in [-0.25, -0.2) is 0 Å². The number of nitrogens with zero attached hydrogens (tertiary/aromatic N) is 1. The van der Waals surface area contributed by atoms with Gasteiger partial charge in [0.05, 0.1) is 18.3 Å². The third-order valence-electron chi connectivity index (χ3n) is 3.08. The monoisotopic (exact) mass is 271 g/mol. The lowest BCUT2D eigenvalue weighted by molar-refractivity contribution is 0.297. The third-order valence-corrected chi connectivity index (χ3v) is 3.08. The topological polar surface area (TPSA) is 74.2 Å². The van der Waals surface area contributed by atoms with E-state index < -0.39 is 0 Å². The smallest absolute Gasteiger partial charge is 0.119 e. The van der Waals surface area contributed by atoms with Crippen LogP contribution in [-0.2, 0) is 0 Å². The summed E-state index contributed by atoms with van der Waals surface area (Å²) in [4.78, 5) is 4.47. The number of nitrogen functional groups attached to an aromatic ring is 1. The van der Waals surface area contributed by atoms with Crippen molar-refractivity contribution in [2.45, 2.75) is 26.3 Å². The van der Waals surface area contributed by atoms with Crippen LogP contribution in [0.2, 0.25) is 0 Å². The molecule has 0 aliphatic rings. The summed E-state index contributed by atoms with van der Waals surface area (Å²) in [6.45, 7) is 4.59. The van der Waals surface area contributed by atoms with Gasteiger partial charge in [-0.1, -0.05) is 0 Å². The van der Waals surface area contributed by atoms with Crippen LogP contribution in [0.25, 0.3) is 0 Å². The number of hydrogen-bond acceptors (Lipinski definition) is 4. The molecule has 20 heavy (non-hydrogen) atoms. The molecule has 2 aromatic rings. The molecule has 106 valence electrons. The molecule has 0 aliphatic heterocycles. The van der Waals surface area contributed by atoms with Crippen molar-refractivity contribution < 1.29 is 4.74 Å². The van der Waals surface area contributed by atoms with Gasteiger partial charge in [0.15, 0.2) is 0 Å². The van der Waals surface area contributed by atoms with Crippen LogP contribution >= 0.6 is 0 Å². The van der Waals surface area contributed by atoms with Crippen molar-refractivity contribution in [2.75, 3.05) is 12.3 Å². The van der Waals surface area contributed by atoms with Crippen LogP contribution in [0, 0.1) is 13.8 Å². The highest BCUT2D eigenvalue weighted by Crippen LogP contribution is 2.17. The van der Waals surface area contributed by atoms with E-state index >= 15 is 0 Å². The molecular formula is C16H21N3O. The Kier molecular flexibility index (Phi) is 4.58. The molecule has 0 saturated heterocycles. The van der Waals surface area contributed by atoms with Gasteiger partial charge in [0, 0.05) is 17.8 Å². The number of hydrogen-bond donors (Lipinski definition) is 2. The molecule has 0 spiro atoms. The average molecular weight is 271 g/mol. The summed E-state index contributed by atoms with van der Waals surface area (Å²) in [5.41, 5.74) is 15.6. The first kappa shape index (κ1) is 14.3. The van der Waals surface area contributed by atoms with Gasteiger partial charge in [-0.05, 0) is 55.8 Å². The van der Waals surface area contributed by atoms with Gasteiger partial charge in [-0.2, -0.15) is 0 Å². The Balaban J connectivity index is 1.88. The van der Waals surface area contributed by atoms with E-state index in [2.05, 4.69) is 11.9 Å². The van der Waals surface area contributed by atoms with Gasteiger partial charge < -0.3 is 16.2 Å². The van der Waals surface area contributed by atoms with Gasteiger partial charge in [0.25, 0.3) is 0 Å². The number of anilines is 1. The maximum Gasteiger partial charge on any atom is 0.119 e. The highest BCUT2D eigenvalue weighted by molar-refractivity contribution is 5.41. The fourth-order valence-electron chi connectivity index (χ4n) is 2.08. The Bertz CT molecular complexity index is 546. The summed E-state index contributed by atoms with van der Waals surface area (Å²) in [5.74, 6) is 0.805. The Morgan fingerprint density at radius 1 is 1.15 bits per heavy atom. The van der Waals surface area contributed by atoms with Gasteiger partial charge in [0.2, 0.25) is 0 Å². The Morgan fingerprint density at radius 2 is 1.85 bits per heavy atom. The first-order valence-corrected chi connectivity index (χ1v) is 6.74. The van der Waals surface area contributed by atoms with Crippen LogP contribution in [0.4, 0.5) is 5.69 Å². The molecule has 4 N–H and O–H groups in total. The Morgan fingerprint density at radius 3 is 2.50 bits per heavy atom. The van der Waals surface area contributed by atoms with Crippen LogP contribution in [0.3, 0.4) is 0 Å². The van der Waals surface area contributed by atoms with E-state index in [1.807, 2.05) is 43.3 Å². The largest absolute Gasteiger partial charge is 0.494 e. The third kappa shape index (κ3) is 3.96. The van der Waals surface area contributed by atoms with Crippen LogP contribution < -0.4 is 16.2 Å². The van der Waals surface area contributed by atoms with Crippen molar-refractivity contribution in [3.8, 4) is 5.75 Å². The van der Waals surface area contributed by atoms with E-state index in [9.17, 15) is 0 Å². The number of aryl methyl sites for hydroxylation is 2. The molecule has 4 heteroatoms. The highest BCUT2D eigenvalue weighted by Gasteiger charge is 2.09. The Hall–Kier alpha value is -2.07. The number of pyridine rings is 1. The summed E-state index contributed by atoms with van der Waals surface area (Å²) >= 11 is 0. The number of nitrogens with two attached hydrogens (primary N) is 2. The van der Waals surface area contributed by atoms with Crippen molar-refractivity contribution in [3.05, 3.63) is 53.3 Å². The zero-order chi connectivity index (χ0) is 14.5. The van der Waals surface area contributed by atoms with Crippen molar-refractivity contribution in [3.63, 3.8) is 0 Å². The number of benzene rings is 1. The molecule has 0 fully saturated rings. The molecule has 0 aliphatic carbocycles. The van der Waals surface area contributed by atoms with Gasteiger partial charge in [0.1, 0.15) is 5.75 Å². The second-order valence-electron chi connectivity index (χ2n) is 5.02. The van der Waals surface area contributed by atoms with Crippen LogP contribution in [0.15, 0.2) is 36.4 Å². The lowest BCUT2D eigenvalue weighted by atomic mass is 10.1. The van der Waals surface area contributed by atoms with Gasteiger partial charge >= 0.3 is 0 Å². The summed E-state index contributed by atoms with van der Waals surface area (Å²) in [6, 6.07) is 11.3. The zero-order valence-electron chi connectivity index (χ0n) is 12.0. The maximum absolute atomic E-state index is 6.16. The lowest BCUT2D eigenvalue weighted by Crippen LogP contribution is -2.16. The molecule has 0 saturated carbocycles. The normalized spacial score (nSPS) is 12.2. The molecule has 1 unspecified atom stereocenters. The minimum Gasteiger partial charge on any atom is -0.494 e. The zero-order valence-corrected chi connectivity index (χ0v) is 12.0. The summed E-state index contributed by atoms with van der Waals surface area (Å²) in [7, 11) is 0. The molecule has 0 radical (unpaired) electrons. The fraction of sp³-hybridized carbons (Fsp3) is 0.312. The van der Waals surface area contributed by atoms with Crippen LogP contribution in [0.1, 0.15) is 29.4 Å². The molecule has 0 amide bonds. The predicted molar refractivity (Wildman–Crippen MR) is 81.6 cm³/mol. The van der Waals surface area contributed by atoms with E-state index in [-0.39, 0.29) is 6.04 Å². The van der Waals surface area contributed by atoms with Crippen molar-refractivity contribution >= 4 is 5.69 Å². The second-order valence-corrected chi connectivity index (χ2v) is 5.02. The fourth-order valence-corrected chi connectivity index (χ4v) is 2.08. The van der Waals surface area contributed by atoms with Gasteiger partial charge in [-0.3, -0.25) is 4.98 Å². The SMILES string of the molecule is Cc1cc(C)nc(C(N)CCOc2ccc(N)cc2)c1. The molecule has 0 bridgehead atoms. The summed E-state index contributed by atoms with van der Waals surface area (Å²) in [6.07, 6.45) is 0.722. The molecule has 1 heterocycles. The number of aromatic nitrogens is 1. The summed E-state index contributed by atoms with van der Waals surface area (Å²) < 4.78 is 5.65. The van der Waals surface area contributed by atoms with E-state index in [1.54, 1.807) is 0 Å². The van der Waals surface area contributed by atoms with Gasteiger partial charge in [-0.15, -0.1) is 0 Å². The number of rotatable bonds is 5. The van der Waals surface area contributed by atoms with Crippen LogP contribution in [0.5, 0.6) is 5.75 Å². The molecule has 4 nitrogen and oxygen atoms in total. The molecule has 1 atom stereocenters. The van der Waals surface area contributed by atoms with E-state index in [1.165, 1.54) is 5.56 Å². The quantitative estimate of drug-likeness (QED) is 0.820. The number of ether oxygens (including phenoxy) is 1. The molecule has 1 aromatic heterocycles. The second kappa shape index (κ2) is 6.39. The van der Waals surface area contributed by atoms with Crippen molar-refractivity contribution in [1.82, 2.24) is 4.98 Å². The van der Waals surface area contributed by atoms with Crippen molar-refractivity contribution in [2.24, 2.45) is 5.73 Å². The average Bonchev–Trinajstić information content (AvgIpc) is 2.40. The van der Waals surface area contributed by atoms with Crippen molar-refractivity contribution in [1.29, 1.82) is 0 Å². The van der Waals surface area contributed by atoms with E-state index in [4.69, 9.17) is 16.2 Å². The lowest BCUT2D eigenvalue weighted by Gasteiger charge is -2.13. The van der Waals surface area contributed by atoms with E-state index in [0.717, 1.165) is 29.2 Å². The van der Waals surface area contributed by atoms with Crippen LogP contribution in [-0.4, -0.2) is 11.6 Å². The molecular weight excluding hydrogens is 250 g/mol. The Labute approximate surface area is 119 Å². The first-order valence-electron chi connectivity index (χ1n) is 6.74. The first-order chi connectivity index (χ1) is 9.54. The standard InChI is InChI=1S/C16H21N3O/c1-11-9-12(2)19-16(10-11)15(18)7-8-20-14-5-3-13(17)4-6-14/h3-6,9-10,15H,7-8,17-18H2,1-2H3. The molecule has 1 aromatic carbocycles. The molecule has 2 rings (SSSR count).